The van der Waals surface area contributed by atoms with E-state index >= 15 is 0 Å². The molecule has 1 heterocycles. The molecule has 2 N–H and O–H groups in total. The van der Waals surface area contributed by atoms with E-state index in [2.05, 4.69) is 29.7 Å². The third kappa shape index (κ3) is 3.57. The van der Waals surface area contributed by atoms with Crippen LogP contribution in [0.15, 0.2) is 24.3 Å². The topological polar surface area (TPSA) is 41.1 Å². The van der Waals surface area contributed by atoms with E-state index in [0.717, 1.165) is 31.5 Å². The van der Waals surface area contributed by atoms with Crippen molar-refractivity contribution in [1.29, 1.82) is 0 Å². The number of nitrogens with one attached hydrogen (secondary N) is 2. The van der Waals surface area contributed by atoms with Gasteiger partial charge >= 0.3 is 0 Å². The average Bonchev–Trinajstić information content (AvgIpc) is 2.92. The van der Waals surface area contributed by atoms with Crippen LogP contribution in [0.3, 0.4) is 0 Å². The Morgan fingerprint density at radius 2 is 2.17 bits per heavy atom. The molecule has 1 aliphatic heterocycles. The molecule has 0 aromatic heterocycles. The van der Waals surface area contributed by atoms with Crippen LogP contribution < -0.4 is 10.6 Å². The van der Waals surface area contributed by atoms with Crippen molar-refractivity contribution >= 4 is 11.6 Å². The van der Waals surface area contributed by atoms with Crippen LogP contribution >= 0.6 is 0 Å². The minimum absolute atomic E-state index is 0.00947. The number of anilines is 1. The summed E-state index contributed by atoms with van der Waals surface area (Å²) in [6, 6.07) is 8.20. The van der Waals surface area contributed by atoms with Crippen LogP contribution in [-0.2, 0) is 11.2 Å². The number of hydrogen-bond acceptors (Lipinski definition) is 2. The van der Waals surface area contributed by atoms with Gasteiger partial charge in [-0.3, -0.25) is 4.79 Å². The van der Waals surface area contributed by atoms with E-state index < -0.39 is 0 Å². The lowest BCUT2D eigenvalue weighted by atomic mass is 10.1. The Morgan fingerprint density at radius 3 is 2.78 bits per heavy atom. The first-order valence-electron chi connectivity index (χ1n) is 6.93. The second-order valence-electron chi connectivity index (χ2n) is 4.94. The van der Waals surface area contributed by atoms with Crippen molar-refractivity contribution in [2.45, 2.75) is 45.1 Å². The lowest BCUT2D eigenvalue weighted by molar-refractivity contribution is -0.117. The van der Waals surface area contributed by atoms with Crippen LogP contribution in [0, 0.1) is 0 Å². The summed E-state index contributed by atoms with van der Waals surface area (Å²) in [5, 5.41) is 6.17. The summed E-state index contributed by atoms with van der Waals surface area (Å²) < 4.78 is 0. The third-order valence-electron chi connectivity index (χ3n) is 3.42. The Morgan fingerprint density at radius 1 is 1.39 bits per heavy atom. The van der Waals surface area contributed by atoms with Crippen LogP contribution in [0.4, 0.5) is 5.69 Å². The van der Waals surface area contributed by atoms with Crippen molar-refractivity contribution in [3.63, 3.8) is 0 Å². The summed E-state index contributed by atoms with van der Waals surface area (Å²) in [4.78, 5) is 11.9. The fraction of sp³-hybridized carbons (Fsp3) is 0.533. The molecule has 1 saturated heterocycles. The summed E-state index contributed by atoms with van der Waals surface area (Å²) in [5.74, 6) is 0.0915. The van der Waals surface area contributed by atoms with Gasteiger partial charge in [-0.25, -0.2) is 0 Å². The van der Waals surface area contributed by atoms with Crippen LogP contribution in [0.1, 0.15) is 38.2 Å². The first kappa shape index (κ1) is 13.1. The Balaban J connectivity index is 1.87. The molecule has 1 fully saturated rings. The van der Waals surface area contributed by atoms with Gasteiger partial charge < -0.3 is 10.6 Å². The zero-order chi connectivity index (χ0) is 12.8. The van der Waals surface area contributed by atoms with Crippen LogP contribution in [0.25, 0.3) is 0 Å². The molecule has 0 saturated carbocycles. The number of carbonyl (C=O) groups is 1. The van der Waals surface area contributed by atoms with Crippen LogP contribution in [-0.4, -0.2) is 18.5 Å². The molecular formula is C15H22N2O. The van der Waals surface area contributed by atoms with Gasteiger partial charge in [-0.1, -0.05) is 25.5 Å². The maximum Gasteiger partial charge on any atom is 0.241 e. The number of hydrogen-bond donors (Lipinski definition) is 2. The molecule has 0 aliphatic carbocycles. The number of unbranched alkanes of at least 4 members (excludes halogenated alkanes) is 1. The predicted octanol–water partition coefficient (Wildman–Crippen LogP) is 2.72. The first-order chi connectivity index (χ1) is 8.79. The molecule has 1 aliphatic rings. The largest absolute Gasteiger partial charge is 0.325 e. The molecule has 0 unspecified atom stereocenters. The SMILES string of the molecule is CCCCc1ccc(NC(=O)[C@H]2CCCN2)cc1. The maximum atomic E-state index is 11.9. The smallest absolute Gasteiger partial charge is 0.241 e. The van der Waals surface area contributed by atoms with E-state index in [1.807, 2.05) is 12.1 Å². The molecule has 2 rings (SSSR count). The van der Waals surface area contributed by atoms with Crippen LogP contribution in [0.5, 0.6) is 0 Å². The van der Waals surface area contributed by atoms with Crippen molar-refractivity contribution in [3.8, 4) is 0 Å². The molecule has 0 bridgehead atoms. The molecule has 18 heavy (non-hydrogen) atoms. The molecule has 98 valence electrons. The molecule has 0 radical (unpaired) electrons. The monoisotopic (exact) mass is 246 g/mol. The Kier molecular flexibility index (Phi) is 4.76. The molecule has 3 heteroatoms. The van der Waals surface area contributed by atoms with E-state index in [1.54, 1.807) is 0 Å². The first-order valence-corrected chi connectivity index (χ1v) is 6.93. The van der Waals surface area contributed by atoms with Gasteiger partial charge in [-0.15, -0.1) is 0 Å². The highest BCUT2D eigenvalue weighted by molar-refractivity contribution is 5.95. The van der Waals surface area contributed by atoms with Crippen molar-refractivity contribution < 1.29 is 4.79 Å². The van der Waals surface area contributed by atoms with Gasteiger partial charge in [-0.2, -0.15) is 0 Å². The number of amides is 1. The molecule has 1 aromatic carbocycles. The Bertz CT molecular complexity index is 380. The van der Waals surface area contributed by atoms with Crippen molar-refractivity contribution in [1.82, 2.24) is 5.32 Å². The zero-order valence-corrected chi connectivity index (χ0v) is 11.0. The molecule has 1 amide bonds. The molecule has 0 spiro atoms. The van der Waals surface area contributed by atoms with E-state index in [9.17, 15) is 4.79 Å². The fourth-order valence-electron chi connectivity index (χ4n) is 2.27. The zero-order valence-electron chi connectivity index (χ0n) is 11.0. The summed E-state index contributed by atoms with van der Waals surface area (Å²) in [5.41, 5.74) is 2.24. The van der Waals surface area contributed by atoms with Gasteiger partial charge in [0.05, 0.1) is 6.04 Å². The quantitative estimate of drug-likeness (QED) is 0.838. The van der Waals surface area contributed by atoms with Gasteiger partial charge in [0, 0.05) is 5.69 Å². The molecular weight excluding hydrogens is 224 g/mol. The van der Waals surface area contributed by atoms with E-state index in [4.69, 9.17) is 0 Å². The van der Waals surface area contributed by atoms with E-state index in [-0.39, 0.29) is 11.9 Å². The minimum Gasteiger partial charge on any atom is -0.325 e. The normalized spacial score (nSPS) is 18.8. The number of carbonyl (C=O) groups excluding carboxylic acids is 1. The maximum absolute atomic E-state index is 11.9. The van der Waals surface area contributed by atoms with Crippen LogP contribution in [0.2, 0.25) is 0 Å². The second-order valence-corrected chi connectivity index (χ2v) is 4.94. The summed E-state index contributed by atoms with van der Waals surface area (Å²) in [6.07, 6.45) is 5.59. The lowest BCUT2D eigenvalue weighted by Crippen LogP contribution is -2.35. The summed E-state index contributed by atoms with van der Waals surface area (Å²) in [6.45, 7) is 3.15. The van der Waals surface area contributed by atoms with Crippen molar-refractivity contribution in [2.75, 3.05) is 11.9 Å². The Labute approximate surface area is 109 Å². The van der Waals surface area contributed by atoms with Gasteiger partial charge in [0.2, 0.25) is 5.91 Å². The highest BCUT2D eigenvalue weighted by Crippen LogP contribution is 2.13. The standard InChI is InChI=1S/C15H22N2O/c1-2-3-5-12-7-9-13(10-8-12)17-15(18)14-6-4-11-16-14/h7-10,14,16H,2-6,11H2,1H3,(H,17,18)/t14-/m1/s1. The molecule has 3 nitrogen and oxygen atoms in total. The number of rotatable bonds is 5. The third-order valence-corrected chi connectivity index (χ3v) is 3.42. The van der Waals surface area contributed by atoms with Crippen molar-refractivity contribution in [3.05, 3.63) is 29.8 Å². The number of benzene rings is 1. The average molecular weight is 246 g/mol. The predicted molar refractivity (Wildman–Crippen MR) is 74.7 cm³/mol. The van der Waals surface area contributed by atoms with Gasteiger partial charge in [0.25, 0.3) is 0 Å². The summed E-state index contributed by atoms with van der Waals surface area (Å²) >= 11 is 0. The van der Waals surface area contributed by atoms with Gasteiger partial charge in [-0.05, 0) is 49.9 Å². The van der Waals surface area contributed by atoms with E-state index in [1.165, 1.54) is 18.4 Å². The molecule has 1 atom stereocenters. The second kappa shape index (κ2) is 6.55. The van der Waals surface area contributed by atoms with Crippen molar-refractivity contribution in [2.24, 2.45) is 0 Å². The number of aryl methyl sites for hydroxylation is 1. The van der Waals surface area contributed by atoms with Gasteiger partial charge in [0.1, 0.15) is 0 Å². The highest BCUT2D eigenvalue weighted by atomic mass is 16.2. The van der Waals surface area contributed by atoms with Gasteiger partial charge in [0.15, 0.2) is 0 Å². The fourth-order valence-corrected chi connectivity index (χ4v) is 2.27. The highest BCUT2D eigenvalue weighted by Gasteiger charge is 2.21. The summed E-state index contributed by atoms with van der Waals surface area (Å²) in [7, 11) is 0. The Hall–Kier alpha value is -1.35. The van der Waals surface area contributed by atoms with E-state index in [0.29, 0.717) is 0 Å². The minimum atomic E-state index is -0.00947. The lowest BCUT2D eigenvalue weighted by Gasteiger charge is -2.11. The molecule has 1 aromatic rings.